The number of hydrogen-bond acceptors (Lipinski definition) is 4. The van der Waals surface area contributed by atoms with Crippen LogP contribution in [0.4, 0.5) is 0 Å². The van der Waals surface area contributed by atoms with Gasteiger partial charge in [0.1, 0.15) is 11.1 Å². The average Bonchev–Trinajstić information content (AvgIpc) is 2.69. The molecule has 4 nitrogen and oxygen atoms in total. The van der Waals surface area contributed by atoms with Crippen LogP contribution >= 0.6 is 11.8 Å². The molecule has 0 bridgehead atoms. The molecule has 5 heteroatoms. The van der Waals surface area contributed by atoms with Crippen LogP contribution in [0, 0.1) is 11.3 Å². The topological polar surface area (TPSA) is 65.8 Å². The van der Waals surface area contributed by atoms with Gasteiger partial charge in [0, 0.05) is 12.2 Å². The van der Waals surface area contributed by atoms with Crippen molar-refractivity contribution in [3.8, 4) is 6.07 Å². The van der Waals surface area contributed by atoms with Crippen molar-refractivity contribution in [3.05, 3.63) is 58.8 Å². The Balaban J connectivity index is 1.46. The molecule has 0 atom stereocenters. The van der Waals surface area contributed by atoms with E-state index in [4.69, 9.17) is 0 Å². The average molecular weight is 366 g/mol. The summed E-state index contributed by atoms with van der Waals surface area (Å²) in [5.74, 6) is 0.290. The zero-order chi connectivity index (χ0) is 18.2. The van der Waals surface area contributed by atoms with Gasteiger partial charge in [-0.2, -0.15) is 5.26 Å². The number of carbonyl (C=O) groups excluding carboxylic acids is 1. The number of benzene rings is 1. The molecule has 1 aliphatic carbocycles. The molecular weight excluding hydrogens is 342 g/mol. The summed E-state index contributed by atoms with van der Waals surface area (Å²) in [7, 11) is 0. The first-order chi connectivity index (χ1) is 12.8. The fraction of sp³-hybridized carbons (Fsp3) is 0.381. The predicted octanol–water partition coefficient (Wildman–Crippen LogP) is 3.67. The molecule has 0 saturated carbocycles. The molecule has 26 heavy (non-hydrogen) atoms. The molecule has 0 saturated heterocycles. The van der Waals surface area contributed by atoms with Gasteiger partial charge in [-0.1, -0.05) is 42.1 Å². The molecular formula is C21H23N3OS. The highest BCUT2D eigenvalue weighted by Gasteiger charge is 2.16. The Hall–Kier alpha value is -2.32. The molecule has 134 valence electrons. The van der Waals surface area contributed by atoms with Crippen LogP contribution in [0.2, 0.25) is 0 Å². The van der Waals surface area contributed by atoms with Gasteiger partial charge < -0.3 is 5.32 Å². The SMILES string of the molecule is N#Cc1cc2c(nc1SCC(=O)NCCCc1ccccc1)CCCC2. The van der Waals surface area contributed by atoms with Crippen molar-refractivity contribution in [3.63, 3.8) is 0 Å². The molecule has 1 aliphatic rings. The van der Waals surface area contributed by atoms with E-state index in [0.29, 0.717) is 22.9 Å². The van der Waals surface area contributed by atoms with E-state index in [1.54, 1.807) is 0 Å². The normalized spacial score (nSPS) is 12.9. The Bertz CT molecular complexity index is 799. The maximum Gasteiger partial charge on any atom is 0.230 e. The summed E-state index contributed by atoms with van der Waals surface area (Å²) in [4.78, 5) is 16.7. The number of nitriles is 1. The molecule has 1 amide bonds. The number of aryl methyl sites for hydroxylation is 3. The molecule has 1 heterocycles. The second kappa shape index (κ2) is 9.40. The van der Waals surface area contributed by atoms with Crippen LogP contribution in [0.5, 0.6) is 0 Å². The number of nitrogens with one attached hydrogen (secondary N) is 1. The Morgan fingerprint density at radius 2 is 2.04 bits per heavy atom. The summed E-state index contributed by atoms with van der Waals surface area (Å²) in [6.07, 6.45) is 6.17. The smallest absolute Gasteiger partial charge is 0.230 e. The third-order valence-electron chi connectivity index (χ3n) is 4.53. The highest BCUT2D eigenvalue weighted by molar-refractivity contribution is 8.00. The standard InChI is InChI=1S/C21H23N3OS/c22-14-18-13-17-10-4-5-11-19(17)24-21(18)26-15-20(25)23-12-6-9-16-7-2-1-3-8-16/h1-3,7-8,13H,4-6,9-12,15H2,(H,23,25). The predicted molar refractivity (Wildman–Crippen MR) is 104 cm³/mol. The molecule has 1 aromatic carbocycles. The first-order valence-electron chi connectivity index (χ1n) is 9.12. The summed E-state index contributed by atoms with van der Waals surface area (Å²) in [5.41, 5.74) is 4.17. The number of fused-ring (bicyclic) bond motifs is 1. The molecule has 0 spiro atoms. The molecule has 3 rings (SSSR count). The molecule has 0 radical (unpaired) electrons. The minimum absolute atomic E-state index is 0.00790. The zero-order valence-electron chi connectivity index (χ0n) is 14.8. The Labute approximate surface area is 159 Å². The first kappa shape index (κ1) is 18.5. The van der Waals surface area contributed by atoms with Crippen LogP contribution in [0.3, 0.4) is 0 Å². The number of pyridine rings is 1. The van der Waals surface area contributed by atoms with Crippen LogP contribution in [-0.2, 0) is 24.1 Å². The largest absolute Gasteiger partial charge is 0.355 e. The second-order valence-electron chi connectivity index (χ2n) is 6.49. The van der Waals surface area contributed by atoms with E-state index in [9.17, 15) is 10.1 Å². The van der Waals surface area contributed by atoms with Crippen molar-refractivity contribution >= 4 is 17.7 Å². The lowest BCUT2D eigenvalue weighted by atomic mass is 9.95. The van der Waals surface area contributed by atoms with Crippen molar-refractivity contribution < 1.29 is 4.79 Å². The maximum absolute atomic E-state index is 12.1. The molecule has 2 aromatic rings. The van der Waals surface area contributed by atoms with Gasteiger partial charge in [-0.05, 0) is 55.7 Å². The molecule has 1 aromatic heterocycles. The molecule has 0 unspecified atom stereocenters. The van der Waals surface area contributed by atoms with Crippen LogP contribution in [0.15, 0.2) is 41.4 Å². The van der Waals surface area contributed by atoms with E-state index in [0.717, 1.165) is 44.2 Å². The minimum atomic E-state index is -0.00790. The highest BCUT2D eigenvalue weighted by Crippen LogP contribution is 2.27. The number of thioether (sulfide) groups is 1. The van der Waals surface area contributed by atoms with Crippen LogP contribution in [0.25, 0.3) is 0 Å². The van der Waals surface area contributed by atoms with Crippen LogP contribution in [-0.4, -0.2) is 23.2 Å². The van der Waals surface area contributed by atoms with E-state index in [1.807, 2.05) is 24.3 Å². The maximum atomic E-state index is 12.1. The molecule has 0 fully saturated rings. The van der Waals surface area contributed by atoms with Gasteiger partial charge in [-0.3, -0.25) is 4.79 Å². The summed E-state index contributed by atoms with van der Waals surface area (Å²) < 4.78 is 0. The summed E-state index contributed by atoms with van der Waals surface area (Å²) in [5, 5.41) is 13.0. The van der Waals surface area contributed by atoms with Crippen molar-refractivity contribution in [1.82, 2.24) is 10.3 Å². The Morgan fingerprint density at radius 3 is 2.85 bits per heavy atom. The quantitative estimate of drug-likeness (QED) is 0.600. The fourth-order valence-corrected chi connectivity index (χ4v) is 3.96. The van der Waals surface area contributed by atoms with Crippen molar-refractivity contribution in [2.24, 2.45) is 0 Å². The first-order valence-corrected chi connectivity index (χ1v) is 10.1. The summed E-state index contributed by atoms with van der Waals surface area (Å²) >= 11 is 1.36. The lowest BCUT2D eigenvalue weighted by Crippen LogP contribution is -2.26. The Kier molecular flexibility index (Phi) is 6.68. The monoisotopic (exact) mass is 365 g/mol. The number of carbonyl (C=O) groups is 1. The van der Waals surface area contributed by atoms with Crippen molar-refractivity contribution in [2.75, 3.05) is 12.3 Å². The molecule has 0 aliphatic heterocycles. The number of rotatable bonds is 7. The third-order valence-corrected chi connectivity index (χ3v) is 5.52. The van der Waals surface area contributed by atoms with Crippen LogP contribution in [0.1, 0.15) is 41.6 Å². The van der Waals surface area contributed by atoms with Gasteiger partial charge in [0.05, 0.1) is 11.3 Å². The number of hydrogen-bond donors (Lipinski definition) is 1. The van der Waals surface area contributed by atoms with Crippen LogP contribution < -0.4 is 5.32 Å². The van der Waals surface area contributed by atoms with Gasteiger partial charge in [0.15, 0.2) is 0 Å². The van der Waals surface area contributed by atoms with E-state index in [2.05, 4.69) is 28.5 Å². The zero-order valence-corrected chi connectivity index (χ0v) is 15.6. The van der Waals surface area contributed by atoms with E-state index < -0.39 is 0 Å². The number of aromatic nitrogens is 1. The number of amides is 1. The van der Waals surface area contributed by atoms with E-state index in [1.165, 1.54) is 22.9 Å². The van der Waals surface area contributed by atoms with Gasteiger partial charge in [0.2, 0.25) is 5.91 Å². The van der Waals surface area contributed by atoms with Gasteiger partial charge >= 0.3 is 0 Å². The second-order valence-corrected chi connectivity index (χ2v) is 7.46. The van der Waals surface area contributed by atoms with E-state index in [-0.39, 0.29) is 5.91 Å². The lowest BCUT2D eigenvalue weighted by Gasteiger charge is -2.16. The number of nitrogens with zero attached hydrogens (tertiary/aromatic N) is 2. The van der Waals surface area contributed by atoms with Gasteiger partial charge in [-0.25, -0.2) is 4.98 Å². The lowest BCUT2D eigenvalue weighted by molar-refractivity contribution is -0.118. The van der Waals surface area contributed by atoms with E-state index >= 15 is 0 Å². The van der Waals surface area contributed by atoms with Gasteiger partial charge in [0.25, 0.3) is 0 Å². The summed E-state index contributed by atoms with van der Waals surface area (Å²) in [6, 6.07) is 14.5. The van der Waals surface area contributed by atoms with Crippen molar-refractivity contribution in [2.45, 2.75) is 43.6 Å². The minimum Gasteiger partial charge on any atom is -0.355 e. The Morgan fingerprint density at radius 1 is 1.23 bits per heavy atom. The fourth-order valence-electron chi connectivity index (χ4n) is 3.15. The summed E-state index contributed by atoms with van der Waals surface area (Å²) in [6.45, 7) is 0.664. The van der Waals surface area contributed by atoms with Crippen molar-refractivity contribution in [1.29, 1.82) is 5.26 Å². The van der Waals surface area contributed by atoms with Gasteiger partial charge in [-0.15, -0.1) is 0 Å². The third kappa shape index (κ3) is 5.09. The highest BCUT2D eigenvalue weighted by atomic mass is 32.2. The molecule has 1 N–H and O–H groups in total.